The number of hydrogen-bond acceptors (Lipinski definition) is 5. The van der Waals surface area contributed by atoms with E-state index in [9.17, 15) is 9.59 Å². The molecule has 0 saturated heterocycles. The van der Waals surface area contributed by atoms with Crippen molar-refractivity contribution in [3.8, 4) is 0 Å². The summed E-state index contributed by atoms with van der Waals surface area (Å²) in [5, 5.41) is 11.7. The summed E-state index contributed by atoms with van der Waals surface area (Å²) in [5.74, 6) is -0.457. The fraction of sp³-hybridized carbons (Fsp3) is 0.238. The maximum Gasteiger partial charge on any atom is 0.264 e. The van der Waals surface area contributed by atoms with Gasteiger partial charge in [-0.1, -0.05) is 12.1 Å². The van der Waals surface area contributed by atoms with E-state index in [-0.39, 0.29) is 24.3 Å². The van der Waals surface area contributed by atoms with Gasteiger partial charge >= 0.3 is 0 Å². The van der Waals surface area contributed by atoms with Gasteiger partial charge in [-0.15, -0.1) is 0 Å². The molecule has 0 fully saturated rings. The maximum atomic E-state index is 12.9. The minimum absolute atomic E-state index is 0.0693. The van der Waals surface area contributed by atoms with Crippen molar-refractivity contribution >= 4 is 11.6 Å². The molecule has 0 saturated carbocycles. The Morgan fingerprint density at radius 3 is 2.50 bits per heavy atom. The van der Waals surface area contributed by atoms with E-state index in [0.29, 0.717) is 23.4 Å². The van der Waals surface area contributed by atoms with Crippen LogP contribution in [0.3, 0.4) is 0 Å². The number of amides is 1. The van der Waals surface area contributed by atoms with Gasteiger partial charge in [0.1, 0.15) is 5.56 Å². The second-order valence-electron chi connectivity index (χ2n) is 6.58. The van der Waals surface area contributed by atoms with Gasteiger partial charge in [-0.05, 0) is 49.6 Å². The van der Waals surface area contributed by atoms with Gasteiger partial charge in [0.05, 0.1) is 24.1 Å². The summed E-state index contributed by atoms with van der Waals surface area (Å²) < 4.78 is 1.45. The number of aryl methyl sites for hydroxylation is 2. The number of rotatable bonds is 6. The van der Waals surface area contributed by atoms with Gasteiger partial charge in [0.2, 0.25) is 0 Å². The smallest absolute Gasteiger partial charge is 0.264 e. The zero-order valence-electron chi connectivity index (χ0n) is 15.8. The molecule has 0 bridgehead atoms. The predicted octanol–water partition coefficient (Wildman–Crippen LogP) is 2.09. The van der Waals surface area contributed by atoms with Crippen molar-refractivity contribution < 1.29 is 9.90 Å². The summed E-state index contributed by atoms with van der Waals surface area (Å²) in [6, 6.07) is 8.90. The third kappa shape index (κ3) is 4.50. The van der Waals surface area contributed by atoms with Gasteiger partial charge in [-0.3, -0.25) is 19.6 Å². The van der Waals surface area contributed by atoms with Gasteiger partial charge in [-0.25, -0.2) is 0 Å². The number of aromatic nitrogens is 3. The van der Waals surface area contributed by atoms with Crippen LogP contribution in [0.1, 0.15) is 32.9 Å². The zero-order valence-corrected chi connectivity index (χ0v) is 15.8. The summed E-state index contributed by atoms with van der Waals surface area (Å²) >= 11 is 0. The van der Waals surface area contributed by atoms with Crippen LogP contribution in [0.25, 0.3) is 0 Å². The summed E-state index contributed by atoms with van der Waals surface area (Å²) in [5.41, 5.74) is 3.32. The van der Waals surface area contributed by atoms with Crippen LogP contribution in [0.15, 0.2) is 53.7 Å². The van der Waals surface area contributed by atoms with Gasteiger partial charge in [-0.2, -0.15) is 0 Å². The summed E-state index contributed by atoms with van der Waals surface area (Å²) in [6.45, 7) is 3.88. The molecule has 0 radical (unpaired) electrons. The van der Waals surface area contributed by atoms with Crippen molar-refractivity contribution in [3.05, 3.63) is 87.4 Å². The van der Waals surface area contributed by atoms with E-state index >= 15 is 0 Å². The quantitative estimate of drug-likeness (QED) is 0.685. The van der Waals surface area contributed by atoms with Crippen molar-refractivity contribution in [2.24, 2.45) is 0 Å². The number of anilines is 1. The third-order valence-corrected chi connectivity index (χ3v) is 4.38. The second-order valence-corrected chi connectivity index (χ2v) is 6.58. The van der Waals surface area contributed by atoms with E-state index < -0.39 is 5.91 Å². The molecule has 7 heteroatoms. The summed E-state index contributed by atoms with van der Waals surface area (Å²) in [7, 11) is 0. The first-order valence-corrected chi connectivity index (χ1v) is 8.96. The van der Waals surface area contributed by atoms with Crippen molar-refractivity contribution in [2.75, 3.05) is 11.9 Å². The minimum atomic E-state index is -0.457. The highest BCUT2D eigenvalue weighted by Gasteiger charge is 2.16. The molecule has 3 aromatic rings. The number of nitrogens with zero attached hydrogens (tertiary/aromatic N) is 3. The SMILES string of the molecule is Cc1cnc(Cn2ccc(C)c(C(=O)Nc3ccc(CCO)cc3)c2=O)cn1. The monoisotopic (exact) mass is 378 g/mol. The minimum Gasteiger partial charge on any atom is -0.396 e. The molecule has 144 valence electrons. The Bertz CT molecular complexity index is 1030. The number of pyridine rings is 1. The first kappa shape index (κ1) is 19.4. The van der Waals surface area contributed by atoms with E-state index in [1.54, 1.807) is 43.7 Å². The largest absolute Gasteiger partial charge is 0.396 e. The van der Waals surface area contributed by atoms with E-state index in [0.717, 1.165) is 11.3 Å². The Morgan fingerprint density at radius 2 is 1.86 bits per heavy atom. The molecule has 0 aliphatic carbocycles. The number of nitrogens with one attached hydrogen (secondary N) is 1. The van der Waals surface area contributed by atoms with Crippen LogP contribution in [0, 0.1) is 13.8 Å². The highest BCUT2D eigenvalue weighted by Crippen LogP contribution is 2.12. The average Bonchev–Trinajstić information content (AvgIpc) is 2.67. The number of aliphatic hydroxyl groups is 1. The fourth-order valence-corrected chi connectivity index (χ4v) is 2.82. The molecule has 0 spiro atoms. The Morgan fingerprint density at radius 1 is 1.11 bits per heavy atom. The maximum absolute atomic E-state index is 12.9. The number of carbonyl (C=O) groups is 1. The fourth-order valence-electron chi connectivity index (χ4n) is 2.82. The van der Waals surface area contributed by atoms with Gasteiger partial charge < -0.3 is 15.0 Å². The zero-order chi connectivity index (χ0) is 20.1. The predicted molar refractivity (Wildman–Crippen MR) is 106 cm³/mol. The molecule has 3 rings (SSSR count). The lowest BCUT2D eigenvalue weighted by Gasteiger charge is -2.11. The average molecular weight is 378 g/mol. The van der Waals surface area contributed by atoms with Crippen LogP contribution in [0.2, 0.25) is 0 Å². The number of hydrogen-bond donors (Lipinski definition) is 2. The van der Waals surface area contributed by atoms with Crippen molar-refractivity contribution in [2.45, 2.75) is 26.8 Å². The van der Waals surface area contributed by atoms with Crippen LogP contribution in [0.4, 0.5) is 5.69 Å². The van der Waals surface area contributed by atoms with Gasteiger partial charge in [0.15, 0.2) is 0 Å². The van der Waals surface area contributed by atoms with Crippen LogP contribution < -0.4 is 10.9 Å². The molecular weight excluding hydrogens is 356 g/mol. The molecular formula is C21H22N4O3. The lowest BCUT2D eigenvalue weighted by molar-refractivity contribution is 0.102. The Hall–Kier alpha value is -3.32. The second kappa shape index (κ2) is 8.58. The van der Waals surface area contributed by atoms with Crippen molar-refractivity contribution in [1.82, 2.24) is 14.5 Å². The summed E-state index contributed by atoms with van der Waals surface area (Å²) in [4.78, 5) is 34.0. The van der Waals surface area contributed by atoms with E-state index in [1.807, 2.05) is 19.1 Å². The normalized spacial score (nSPS) is 10.7. The standard InChI is InChI=1S/C21H22N4O3/c1-14-7-9-25(13-18-12-22-15(2)11-23-18)21(28)19(14)20(27)24-17-5-3-16(4-6-17)8-10-26/h3-7,9,11-12,26H,8,10,13H2,1-2H3,(H,24,27). The lowest BCUT2D eigenvalue weighted by Crippen LogP contribution is -2.30. The molecule has 1 aromatic carbocycles. The van der Waals surface area contributed by atoms with E-state index in [4.69, 9.17) is 5.11 Å². The summed E-state index contributed by atoms with van der Waals surface area (Å²) in [6.07, 6.45) is 5.47. The molecule has 2 aromatic heterocycles. The topological polar surface area (TPSA) is 97.1 Å². The molecule has 0 aliphatic rings. The number of aliphatic hydroxyl groups excluding tert-OH is 1. The van der Waals surface area contributed by atoms with Crippen LogP contribution in [-0.4, -0.2) is 32.2 Å². The first-order chi connectivity index (χ1) is 13.5. The van der Waals surface area contributed by atoms with Crippen LogP contribution in [-0.2, 0) is 13.0 Å². The number of carbonyl (C=O) groups excluding carboxylic acids is 1. The van der Waals surface area contributed by atoms with Crippen molar-refractivity contribution in [3.63, 3.8) is 0 Å². The van der Waals surface area contributed by atoms with E-state index in [1.165, 1.54) is 4.57 Å². The van der Waals surface area contributed by atoms with Gasteiger partial charge in [0.25, 0.3) is 11.5 Å². The Labute approximate surface area is 162 Å². The first-order valence-electron chi connectivity index (χ1n) is 8.96. The Balaban J connectivity index is 1.83. The molecule has 0 unspecified atom stereocenters. The molecule has 0 atom stereocenters. The van der Waals surface area contributed by atoms with Crippen LogP contribution >= 0.6 is 0 Å². The van der Waals surface area contributed by atoms with Crippen molar-refractivity contribution in [1.29, 1.82) is 0 Å². The van der Waals surface area contributed by atoms with E-state index in [2.05, 4.69) is 15.3 Å². The molecule has 1 amide bonds. The highest BCUT2D eigenvalue weighted by molar-refractivity contribution is 6.05. The molecule has 2 heterocycles. The third-order valence-electron chi connectivity index (χ3n) is 4.38. The molecule has 2 N–H and O–H groups in total. The number of benzene rings is 1. The lowest BCUT2D eigenvalue weighted by atomic mass is 10.1. The molecule has 7 nitrogen and oxygen atoms in total. The molecule has 28 heavy (non-hydrogen) atoms. The highest BCUT2D eigenvalue weighted by atomic mass is 16.3. The van der Waals surface area contributed by atoms with Crippen LogP contribution in [0.5, 0.6) is 0 Å². The Kier molecular flexibility index (Phi) is 5.96. The van der Waals surface area contributed by atoms with Gasteiger partial charge in [0, 0.05) is 24.7 Å². The molecule has 0 aliphatic heterocycles.